The van der Waals surface area contributed by atoms with Crippen LogP contribution in [-0.2, 0) is 11.3 Å². The molecule has 21 heavy (non-hydrogen) atoms. The van der Waals surface area contributed by atoms with E-state index >= 15 is 0 Å². The molecule has 3 atom stereocenters. The number of aromatic nitrogens is 1. The maximum Gasteiger partial charge on any atom is 0.239 e. The maximum atomic E-state index is 12.6. The van der Waals surface area contributed by atoms with Gasteiger partial charge in [-0.25, -0.2) is 0 Å². The number of nitrogens with zero attached hydrogens (tertiary/aromatic N) is 2. The monoisotopic (exact) mass is 291 g/mol. The van der Waals surface area contributed by atoms with E-state index in [1.807, 2.05) is 25.8 Å². The van der Waals surface area contributed by atoms with Crippen LogP contribution in [0.3, 0.4) is 0 Å². The number of nitrogens with one attached hydrogen (secondary N) is 1. The van der Waals surface area contributed by atoms with Gasteiger partial charge in [-0.15, -0.1) is 0 Å². The fraction of sp³-hybridized carbons (Fsp3) is 0.750. The average Bonchev–Trinajstić information content (AvgIpc) is 3.04. The van der Waals surface area contributed by atoms with Gasteiger partial charge in [-0.3, -0.25) is 4.79 Å². The molecule has 1 saturated carbocycles. The summed E-state index contributed by atoms with van der Waals surface area (Å²) < 4.78 is 5.17. The van der Waals surface area contributed by atoms with E-state index in [9.17, 15) is 4.79 Å². The van der Waals surface area contributed by atoms with Crippen molar-refractivity contribution in [1.82, 2.24) is 15.4 Å². The Labute approximate surface area is 126 Å². The van der Waals surface area contributed by atoms with Gasteiger partial charge >= 0.3 is 0 Å². The lowest BCUT2D eigenvalue weighted by atomic mass is 9.85. The van der Waals surface area contributed by atoms with Crippen molar-refractivity contribution >= 4 is 5.91 Å². The van der Waals surface area contributed by atoms with Crippen LogP contribution in [0.15, 0.2) is 4.52 Å². The highest BCUT2D eigenvalue weighted by molar-refractivity contribution is 5.82. The van der Waals surface area contributed by atoms with Crippen LogP contribution in [0, 0.1) is 19.8 Å². The minimum atomic E-state index is -0.0106. The second kappa shape index (κ2) is 5.79. The molecule has 1 amide bonds. The average molecular weight is 291 g/mol. The van der Waals surface area contributed by atoms with E-state index in [4.69, 9.17) is 4.52 Å². The minimum absolute atomic E-state index is 0.0106. The van der Waals surface area contributed by atoms with Crippen LogP contribution in [-0.4, -0.2) is 35.1 Å². The van der Waals surface area contributed by atoms with Crippen molar-refractivity contribution in [3.05, 3.63) is 17.0 Å². The Balaban J connectivity index is 1.63. The molecule has 1 aliphatic heterocycles. The molecule has 116 valence electrons. The van der Waals surface area contributed by atoms with Crippen molar-refractivity contribution in [2.45, 2.75) is 64.6 Å². The van der Waals surface area contributed by atoms with Crippen LogP contribution in [0.4, 0.5) is 0 Å². The second-order valence-electron chi connectivity index (χ2n) is 6.60. The number of fused-ring (bicyclic) bond motifs is 1. The van der Waals surface area contributed by atoms with Gasteiger partial charge in [0.1, 0.15) is 5.76 Å². The number of hydrogen-bond acceptors (Lipinski definition) is 4. The largest absolute Gasteiger partial charge is 0.361 e. The fourth-order valence-corrected chi connectivity index (χ4v) is 3.82. The number of carbonyl (C=O) groups is 1. The highest BCUT2D eigenvalue weighted by atomic mass is 16.5. The zero-order valence-electron chi connectivity index (χ0n) is 13.2. The molecule has 1 saturated heterocycles. The zero-order chi connectivity index (χ0) is 15.0. The Kier molecular flexibility index (Phi) is 4.02. The molecule has 1 aliphatic carbocycles. The standard InChI is InChI=1S/C16H25N3O2/c1-10-13(11(2)21-18-10)9-19(3)16(20)15-8-12-6-4-5-7-14(12)17-15/h12,14-15,17H,4-9H2,1-3H3/t12-,14+,15-/m0/s1. The van der Waals surface area contributed by atoms with Gasteiger partial charge < -0.3 is 14.7 Å². The fourth-order valence-electron chi connectivity index (χ4n) is 3.82. The van der Waals surface area contributed by atoms with E-state index in [0.717, 1.165) is 23.4 Å². The predicted octanol–water partition coefficient (Wildman–Crippen LogP) is 2.17. The molecule has 2 heterocycles. The zero-order valence-corrected chi connectivity index (χ0v) is 13.2. The minimum Gasteiger partial charge on any atom is -0.361 e. The quantitative estimate of drug-likeness (QED) is 0.927. The van der Waals surface area contributed by atoms with Crippen LogP contribution in [0.5, 0.6) is 0 Å². The molecule has 0 aromatic carbocycles. The summed E-state index contributed by atoms with van der Waals surface area (Å²) in [5, 5.41) is 7.51. The van der Waals surface area contributed by atoms with Crippen molar-refractivity contribution in [1.29, 1.82) is 0 Å². The predicted molar refractivity (Wildman–Crippen MR) is 79.7 cm³/mol. The summed E-state index contributed by atoms with van der Waals surface area (Å²) in [6, 6.07) is 0.545. The Morgan fingerprint density at radius 1 is 1.38 bits per heavy atom. The molecule has 0 spiro atoms. The summed E-state index contributed by atoms with van der Waals surface area (Å²) in [5.41, 5.74) is 1.90. The summed E-state index contributed by atoms with van der Waals surface area (Å²) in [6.45, 7) is 4.40. The van der Waals surface area contributed by atoms with Crippen LogP contribution in [0.1, 0.15) is 49.1 Å². The third-order valence-electron chi connectivity index (χ3n) is 5.11. The van der Waals surface area contributed by atoms with Crippen molar-refractivity contribution in [2.24, 2.45) is 5.92 Å². The molecule has 1 aromatic rings. The van der Waals surface area contributed by atoms with Gasteiger partial charge in [-0.2, -0.15) is 0 Å². The number of rotatable bonds is 3. The number of carbonyl (C=O) groups excluding carboxylic acids is 1. The van der Waals surface area contributed by atoms with Gasteiger partial charge in [0.05, 0.1) is 18.3 Å². The van der Waals surface area contributed by atoms with Gasteiger partial charge in [-0.1, -0.05) is 18.0 Å². The normalized spacial score (nSPS) is 28.4. The second-order valence-corrected chi connectivity index (χ2v) is 6.60. The van der Waals surface area contributed by atoms with Crippen molar-refractivity contribution in [2.75, 3.05) is 7.05 Å². The smallest absolute Gasteiger partial charge is 0.239 e. The highest BCUT2D eigenvalue weighted by Crippen LogP contribution is 2.33. The maximum absolute atomic E-state index is 12.6. The Hall–Kier alpha value is -1.36. The van der Waals surface area contributed by atoms with Crippen LogP contribution in [0.25, 0.3) is 0 Å². The van der Waals surface area contributed by atoms with Gasteiger partial charge in [0.25, 0.3) is 0 Å². The molecule has 2 fully saturated rings. The third-order valence-corrected chi connectivity index (χ3v) is 5.11. The van der Waals surface area contributed by atoms with E-state index in [1.165, 1.54) is 25.7 Å². The molecule has 5 nitrogen and oxygen atoms in total. The molecule has 2 aliphatic rings. The third kappa shape index (κ3) is 2.84. The van der Waals surface area contributed by atoms with Gasteiger partial charge in [0, 0.05) is 18.7 Å². The molecule has 1 aromatic heterocycles. The molecule has 5 heteroatoms. The lowest BCUT2D eigenvalue weighted by Gasteiger charge is -2.24. The van der Waals surface area contributed by atoms with E-state index in [0.29, 0.717) is 18.5 Å². The molecule has 0 bridgehead atoms. The van der Waals surface area contributed by atoms with Crippen LogP contribution in [0.2, 0.25) is 0 Å². The van der Waals surface area contributed by atoms with Crippen LogP contribution < -0.4 is 5.32 Å². The number of likely N-dealkylation sites (N-methyl/N-ethyl adjacent to an activating group) is 1. The molecule has 0 radical (unpaired) electrons. The van der Waals surface area contributed by atoms with Gasteiger partial charge in [0.2, 0.25) is 5.91 Å². The van der Waals surface area contributed by atoms with Gasteiger partial charge in [0.15, 0.2) is 0 Å². The number of amides is 1. The summed E-state index contributed by atoms with van der Waals surface area (Å²) in [5.74, 6) is 1.70. The lowest BCUT2D eigenvalue weighted by molar-refractivity contribution is -0.132. The first-order chi connectivity index (χ1) is 10.1. The summed E-state index contributed by atoms with van der Waals surface area (Å²) in [6.07, 6.45) is 6.11. The van der Waals surface area contributed by atoms with Gasteiger partial charge in [-0.05, 0) is 39.0 Å². The van der Waals surface area contributed by atoms with E-state index in [1.54, 1.807) is 0 Å². The van der Waals surface area contributed by atoms with Crippen molar-refractivity contribution in [3.8, 4) is 0 Å². The van der Waals surface area contributed by atoms with Crippen molar-refractivity contribution in [3.63, 3.8) is 0 Å². The highest BCUT2D eigenvalue weighted by Gasteiger charge is 2.39. The Morgan fingerprint density at radius 2 is 2.14 bits per heavy atom. The topological polar surface area (TPSA) is 58.4 Å². The van der Waals surface area contributed by atoms with E-state index in [2.05, 4.69) is 10.5 Å². The van der Waals surface area contributed by atoms with Crippen LogP contribution >= 0.6 is 0 Å². The van der Waals surface area contributed by atoms with Crippen molar-refractivity contribution < 1.29 is 9.32 Å². The first kappa shape index (κ1) is 14.6. The summed E-state index contributed by atoms with van der Waals surface area (Å²) >= 11 is 0. The Bertz CT molecular complexity index is 492. The number of aryl methyl sites for hydroxylation is 2. The molecule has 1 N–H and O–H groups in total. The Morgan fingerprint density at radius 3 is 2.81 bits per heavy atom. The molecule has 3 rings (SSSR count). The SMILES string of the molecule is Cc1noc(C)c1CN(C)C(=O)[C@@H]1C[C@@H]2CCCC[C@H]2N1. The molecule has 0 unspecified atom stereocenters. The number of hydrogen-bond donors (Lipinski definition) is 1. The van der Waals surface area contributed by atoms with E-state index < -0.39 is 0 Å². The first-order valence-electron chi connectivity index (χ1n) is 7.99. The molecular formula is C16H25N3O2. The summed E-state index contributed by atoms with van der Waals surface area (Å²) in [4.78, 5) is 14.5. The molecular weight excluding hydrogens is 266 g/mol. The van der Waals surface area contributed by atoms with E-state index in [-0.39, 0.29) is 11.9 Å². The first-order valence-corrected chi connectivity index (χ1v) is 7.99. The lowest BCUT2D eigenvalue weighted by Crippen LogP contribution is -2.43. The summed E-state index contributed by atoms with van der Waals surface area (Å²) in [7, 11) is 1.87.